The highest BCUT2D eigenvalue weighted by Crippen LogP contribution is 2.24. The van der Waals surface area contributed by atoms with E-state index < -0.39 is 0 Å². The fraction of sp³-hybridized carbons (Fsp3) is 0.438. The number of hydrogen-bond acceptors (Lipinski definition) is 6. The molecule has 2 aromatic rings. The van der Waals surface area contributed by atoms with E-state index in [1.165, 1.54) is 24.4 Å². The van der Waals surface area contributed by atoms with Crippen molar-refractivity contribution >= 4 is 17.7 Å². The molecule has 23 heavy (non-hydrogen) atoms. The van der Waals surface area contributed by atoms with Crippen molar-refractivity contribution in [2.75, 3.05) is 12.9 Å². The number of carbonyl (C=O) groups is 1. The van der Waals surface area contributed by atoms with Crippen LogP contribution in [0.4, 0.5) is 0 Å². The monoisotopic (exact) mass is 335 g/mol. The minimum Gasteiger partial charge on any atom is -0.483 e. The van der Waals surface area contributed by atoms with E-state index in [1.807, 2.05) is 49.6 Å². The Labute approximate surface area is 140 Å². The minimum absolute atomic E-state index is 0.210. The molecular formula is C16H21N3O3S. The van der Waals surface area contributed by atoms with Gasteiger partial charge in [-0.25, -0.2) is 0 Å². The predicted octanol–water partition coefficient (Wildman–Crippen LogP) is 3.01. The van der Waals surface area contributed by atoms with Crippen molar-refractivity contribution in [3.63, 3.8) is 0 Å². The zero-order valence-corrected chi connectivity index (χ0v) is 14.6. The van der Waals surface area contributed by atoms with Gasteiger partial charge in [0.1, 0.15) is 5.75 Å². The van der Waals surface area contributed by atoms with Gasteiger partial charge in [0.25, 0.3) is 0 Å². The van der Waals surface area contributed by atoms with Crippen molar-refractivity contribution < 1.29 is 14.3 Å². The Kier molecular flexibility index (Phi) is 6.04. The molecule has 6 nitrogen and oxygen atoms in total. The normalized spacial score (nSPS) is 12.0. The van der Waals surface area contributed by atoms with E-state index in [0.29, 0.717) is 11.7 Å². The summed E-state index contributed by atoms with van der Waals surface area (Å²) in [7, 11) is 1.37. The van der Waals surface area contributed by atoms with Crippen LogP contribution in [0.1, 0.15) is 31.3 Å². The van der Waals surface area contributed by atoms with Crippen LogP contribution in [0.3, 0.4) is 0 Å². The molecule has 0 aliphatic heterocycles. The van der Waals surface area contributed by atoms with Gasteiger partial charge < -0.3 is 14.0 Å². The van der Waals surface area contributed by atoms with E-state index in [1.54, 1.807) is 0 Å². The van der Waals surface area contributed by atoms with Crippen molar-refractivity contribution in [1.29, 1.82) is 0 Å². The number of rotatable bonds is 7. The van der Waals surface area contributed by atoms with Crippen LogP contribution in [0.15, 0.2) is 29.4 Å². The Balaban J connectivity index is 2.10. The van der Waals surface area contributed by atoms with Gasteiger partial charge in [-0.3, -0.25) is 4.79 Å². The average Bonchev–Trinajstić information content (AvgIpc) is 2.97. The Morgan fingerprint density at radius 3 is 2.61 bits per heavy atom. The first-order chi connectivity index (χ1) is 11.0. The van der Waals surface area contributed by atoms with Crippen molar-refractivity contribution in [2.45, 2.75) is 38.6 Å². The fourth-order valence-electron chi connectivity index (χ4n) is 2.06. The molecule has 0 spiro atoms. The van der Waals surface area contributed by atoms with Gasteiger partial charge in [-0.1, -0.05) is 29.5 Å². The quantitative estimate of drug-likeness (QED) is 0.572. The van der Waals surface area contributed by atoms with Crippen LogP contribution < -0.4 is 4.74 Å². The lowest BCUT2D eigenvalue weighted by molar-refractivity contribution is -0.137. The van der Waals surface area contributed by atoms with Gasteiger partial charge in [-0.15, -0.1) is 10.2 Å². The predicted molar refractivity (Wildman–Crippen MR) is 88.7 cm³/mol. The highest BCUT2D eigenvalue weighted by atomic mass is 32.2. The summed E-state index contributed by atoms with van der Waals surface area (Å²) in [4.78, 5) is 11.3. The van der Waals surface area contributed by atoms with E-state index >= 15 is 0 Å². The zero-order valence-electron chi connectivity index (χ0n) is 13.8. The molecule has 1 aromatic carbocycles. The van der Waals surface area contributed by atoms with Gasteiger partial charge >= 0.3 is 5.97 Å². The second-order valence-electron chi connectivity index (χ2n) is 5.02. The molecule has 1 heterocycles. The van der Waals surface area contributed by atoms with Crippen LogP contribution in [0, 0.1) is 6.92 Å². The number of esters is 1. The number of carbonyl (C=O) groups excluding carboxylic acids is 1. The molecule has 0 saturated carbocycles. The summed E-state index contributed by atoms with van der Waals surface area (Å²) in [5, 5.41) is 9.06. The number of nitrogens with zero attached hydrogens (tertiary/aromatic N) is 3. The molecule has 1 aromatic heterocycles. The Bertz CT molecular complexity index is 655. The molecule has 1 atom stereocenters. The molecule has 124 valence electrons. The largest absolute Gasteiger partial charge is 0.483 e. The second kappa shape index (κ2) is 8.01. The third kappa shape index (κ3) is 4.48. The maximum Gasteiger partial charge on any atom is 0.316 e. The molecular weight excluding hydrogens is 314 g/mol. The molecule has 0 amide bonds. The summed E-state index contributed by atoms with van der Waals surface area (Å²) >= 11 is 1.31. The average molecular weight is 335 g/mol. The van der Waals surface area contributed by atoms with Crippen LogP contribution in [-0.2, 0) is 16.1 Å². The number of aromatic nitrogens is 3. The van der Waals surface area contributed by atoms with Gasteiger partial charge in [0.05, 0.1) is 12.9 Å². The minimum atomic E-state index is -0.286. The van der Waals surface area contributed by atoms with Crippen LogP contribution in [-0.4, -0.2) is 33.6 Å². The van der Waals surface area contributed by atoms with Crippen molar-refractivity contribution in [1.82, 2.24) is 14.8 Å². The van der Waals surface area contributed by atoms with Gasteiger partial charge in [-0.05, 0) is 32.9 Å². The number of ether oxygens (including phenoxy) is 2. The Morgan fingerprint density at radius 2 is 2.00 bits per heavy atom. The van der Waals surface area contributed by atoms with Crippen LogP contribution in [0.5, 0.6) is 5.75 Å². The van der Waals surface area contributed by atoms with E-state index in [2.05, 4.69) is 14.9 Å². The van der Waals surface area contributed by atoms with Crippen LogP contribution in [0.2, 0.25) is 0 Å². The summed E-state index contributed by atoms with van der Waals surface area (Å²) in [6.45, 7) is 6.68. The Morgan fingerprint density at radius 1 is 1.30 bits per heavy atom. The topological polar surface area (TPSA) is 66.2 Å². The summed E-state index contributed by atoms with van der Waals surface area (Å²) in [5.41, 5.74) is 1.18. The van der Waals surface area contributed by atoms with Gasteiger partial charge in [-0.2, -0.15) is 0 Å². The molecule has 2 rings (SSSR count). The highest BCUT2D eigenvalue weighted by molar-refractivity contribution is 7.99. The SMILES string of the molecule is CCn1c(SCC(=O)OC)nnc1C(C)Oc1ccc(C)cc1. The fourth-order valence-corrected chi connectivity index (χ4v) is 2.90. The van der Waals surface area contributed by atoms with E-state index in [-0.39, 0.29) is 17.8 Å². The summed E-state index contributed by atoms with van der Waals surface area (Å²) in [6, 6.07) is 7.88. The summed E-state index contributed by atoms with van der Waals surface area (Å²) < 4.78 is 12.5. The third-order valence-corrected chi connectivity index (χ3v) is 4.25. The molecule has 0 saturated heterocycles. The Hall–Kier alpha value is -2.02. The van der Waals surface area contributed by atoms with Gasteiger partial charge in [0, 0.05) is 6.54 Å². The van der Waals surface area contributed by atoms with E-state index in [0.717, 1.165) is 11.6 Å². The van der Waals surface area contributed by atoms with Gasteiger partial charge in [0.15, 0.2) is 17.1 Å². The second-order valence-corrected chi connectivity index (χ2v) is 5.97. The molecule has 1 unspecified atom stereocenters. The summed E-state index contributed by atoms with van der Waals surface area (Å²) in [6.07, 6.45) is -0.238. The number of aryl methyl sites for hydroxylation is 1. The highest BCUT2D eigenvalue weighted by Gasteiger charge is 2.19. The van der Waals surface area contributed by atoms with Crippen LogP contribution >= 0.6 is 11.8 Å². The lowest BCUT2D eigenvalue weighted by Gasteiger charge is -2.15. The number of thioether (sulfide) groups is 1. The maximum atomic E-state index is 11.3. The molecule has 0 aliphatic rings. The number of benzene rings is 1. The van der Waals surface area contributed by atoms with Gasteiger partial charge in [0.2, 0.25) is 0 Å². The van der Waals surface area contributed by atoms with Crippen molar-refractivity contribution in [3.05, 3.63) is 35.7 Å². The van der Waals surface area contributed by atoms with Crippen molar-refractivity contribution in [3.8, 4) is 5.75 Å². The van der Waals surface area contributed by atoms with E-state index in [4.69, 9.17) is 4.74 Å². The third-order valence-electron chi connectivity index (χ3n) is 3.31. The molecule has 0 radical (unpaired) electrons. The number of methoxy groups -OCH3 is 1. The molecule has 7 heteroatoms. The maximum absolute atomic E-state index is 11.3. The molecule has 0 fully saturated rings. The molecule has 0 bridgehead atoms. The number of hydrogen-bond donors (Lipinski definition) is 0. The van der Waals surface area contributed by atoms with Crippen molar-refractivity contribution in [2.24, 2.45) is 0 Å². The smallest absolute Gasteiger partial charge is 0.316 e. The summed E-state index contributed by atoms with van der Waals surface area (Å²) in [5.74, 6) is 1.45. The zero-order chi connectivity index (χ0) is 16.8. The van der Waals surface area contributed by atoms with Crippen LogP contribution in [0.25, 0.3) is 0 Å². The lowest BCUT2D eigenvalue weighted by atomic mass is 10.2. The van der Waals surface area contributed by atoms with E-state index in [9.17, 15) is 4.79 Å². The molecule has 0 N–H and O–H groups in total. The first kappa shape index (κ1) is 17.3. The first-order valence-corrected chi connectivity index (χ1v) is 8.39. The lowest BCUT2D eigenvalue weighted by Crippen LogP contribution is -2.12. The standard InChI is InChI=1S/C16H21N3O3S/c1-5-19-15(17-18-16(19)23-10-14(20)21-4)12(3)22-13-8-6-11(2)7-9-13/h6-9,12H,5,10H2,1-4H3. The first-order valence-electron chi connectivity index (χ1n) is 7.41. The molecule has 0 aliphatic carbocycles.